The monoisotopic (exact) mass is 428 g/mol. The van der Waals surface area contributed by atoms with Gasteiger partial charge in [-0.2, -0.15) is 0 Å². The fraction of sp³-hybridized carbons (Fsp3) is 0.684. The molecule has 2 rings (SSSR count). The number of carbonyl (C=O) groups is 1. The van der Waals surface area contributed by atoms with Crippen molar-refractivity contribution in [2.24, 2.45) is 0 Å². The van der Waals surface area contributed by atoms with E-state index in [1.54, 1.807) is 12.1 Å². The van der Waals surface area contributed by atoms with E-state index in [2.05, 4.69) is 40.7 Å². The molecule has 0 bridgehead atoms. The Labute approximate surface area is 172 Å². The van der Waals surface area contributed by atoms with E-state index in [-0.39, 0.29) is 23.2 Å². The predicted molar refractivity (Wildman–Crippen MR) is 109 cm³/mol. The molecule has 1 unspecified atom stereocenters. The zero-order valence-corrected chi connectivity index (χ0v) is 18.0. The Bertz CT molecular complexity index is 772. The maximum absolute atomic E-state index is 12.3. The molecule has 1 aromatic heterocycles. The van der Waals surface area contributed by atoms with Crippen LogP contribution in [0.25, 0.3) is 0 Å². The number of hydrogen-bond donors (Lipinski definition) is 4. The number of aromatic nitrogens is 1. The van der Waals surface area contributed by atoms with Crippen LogP contribution in [0.5, 0.6) is 0 Å². The second kappa shape index (κ2) is 9.84. The van der Waals surface area contributed by atoms with E-state index in [0.29, 0.717) is 12.8 Å². The second-order valence-electron chi connectivity index (χ2n) is 8.18. The predicted octanol–water partition coefficient (Wildman–Crippen LogP) is 1.40. The van der Waals surface area contributed by atoms with Gasteiger partial charge in [0.2, 0.25) is 0 Å². The number of aliphatic hydroxyl groups excluding tert-OH is 1. The fourth-order valence-corrected chi connectivity index (χ4v) is 4.95. The van der Waals surface area contributed by atoms with E-state index < -0.39 is 28.3 Å². The van der Waals surface area contributed by atoms with Crippen LogP contribution in [0.1, 0.15) is 46.5 Å². The van der Waals surface area contributed by atoms with Gasteiger partial charge in [-0.3, -0.25) is 4.90 Å². The smallest absolute Gasteiger partial charge is 0.404 e. The van der Waals surface area contributed by atoms with Gasteiger partial charge < -0.3 is 15.5 Å². The van der Waals surface area contributed by atoms with Crippen LogP contribution in [0.2, 0.25) is 0 Å². The van der Waals surface area contributed by atoms with Crippen molar-refractivity contribution in [2.45, 2.75) is 75.2 Å². The van der Waals surface area contributed by atoms with Crippen molar-refractivity contribution in [3.63, 3.8) is 0 Å². The van der Waals surface area contributed by atoms with Crippen molar-refractivity contribution in [2.75, 3.05) is 13.1 Å². The second-order valence-corrected chi connectivity index (χ2v) is 9.89. The molecule has 164 valence electrons. The molecule has 0 spiro atoms. The molecule has 1 aromatic rings. The van der Waals surface area contributed by atoms with E-state index in [9.17, 15) is 18.3 Å². The van der Waals surface area contributed by atoms with Crippen molar-refractivity contribution in [3.8, 4) is 0 Å². The molecule has 1 amide bonds. The Kier molecular flexibility index (Phi) is 7.98. The van der Waals surface area contributed by atoms with Crippen LogP contribution in [0.4, 0.5) is 4.79 Å². The number of hydrogen-bond acceptors (Lipinski definition) is 6. The minimum absolute atomic E-state index is 0.103. The summed E-state index contributed by atoms with van der Waals surface area (Å²) in [5, 5.41) is 21.7. The summed E-state index contributed by atoms with van der Waals surface area (Å²) in [6, 6.07) is 3.94. The van der Waals surface area contributed by atoms with Crippen molar-refractivity contribution >= 4 is 16.1 Å². The molecule has 1 fully saturated rings. The molecular weight excluding hydrogens is 396 g/mol. The van der Waals surface area contributed by atoms with Crippen LogP contribution in [0.15, 0.2) is 29.4 Å². The van der Waals surface area contributed by atoms with Gasteiger partial charge in [0, 0.05) is 24.3 Å². The maximum Gasteiger partial charge on any atom is 0.404 e. The molecule has 0 saturated carbocycles. The van der Waals surface area contributed by atoms with Gasteiger partial charge in [-0.1, -0.05) is 6.07 Å². The molecule has 0 aliphatic carbocycles. The first-order chi connectivity index (χ1) is 13.5. The Hall–Kier alpha value is -1.75. The number of pyridine rings is 1. The number of nitrogens with one attached hydrogen (secondary N) is 2. The first kappa shape index (κ1) is 23.5. The van der Waals surface area contributed by atoms with Gasteiger partial charge in [0.1, 0.15) is 0 Å². The van der Waals surface area contributed by atoms with Crippen molar-refractivity contribution in [1.29, 1.82) is 0 Å². The van der Waals surface area contributed by atoms with Gasteiger partial charge in [-0.25, -0.2) is 22.9 Å². The number of sulfonamides is 1. The molecule has 1 saturated heterocycles. The molecule has 0 radical (unpaired) electrons. The highest BCUT2D eigenvalue weighted by Gasteiger charge is 2.35. The van der Waals surface area contributed by atoms with E-state index in [0.717, 1.165) is 19.4 Å². The van der Waals surface area contributed by atoms with Crippen LogP contribution in [-0.2, 0) is 10.0 Å². The lowest BCUT2D eigenvalue weighted by molar-refractivity contribution is 0.0938. The minimum Gasteiger partial charge on any atom is -0.465 e. The SMILES string of the molecule is CC(CC[C@H](NC(=O)O)[C@@H](O)CNS(=O)(=O)c1ccccn1)N1CCCC1(C)C. The first-order valence-corrected chi connectivity index (χ1v) is 11.4. The average Bonchev–Trinajstić information content (AvgIpc) is 3.02. The topological polar surface area (TPSA) is 132 Å². The van der Waals surface area contributed by atoms with E-state index in [4.69, 9.17) is 5.11 Å². The summed E-state index contributed by atoms with van der Waals surface area (Å²) in [7, 11) is -3.88. The van der Waals surface area contributed by atoms with Crippen LogP contribution in [0.3, 0.4) is 0 Å². The highest BCUT2D eigenvalue weighted by Crippen LogP contribution is 2.31. The minimum atomic E-state index is -3.88. The van der Waals surface area contributed by atoms with E-state index >= 15 is 0 Å². The normalized spacial score (nSPS) is 20.1. The summed E-state index contributed by atoms with van der Waals surface area (Å²) in [4.78, 5) is 17.4. The summed E-state index contributed by atoms with van der Waals surface area (Å²) in [6.07, 6.45) is 2.23. The lowest BCUT2D eigenvalue weighted by Crippen LogP contribution is -2.49. The number of nitrogens with zero attached hydrogens (tertiary/aromatic N) is 2. The van der Waals surface area contributed by atoms with Crippen molar-refractivity contribution in [1.82, 2.24) is 19.9 Å². The summed E-state index contributed by atoms with van der Waals surface area (Å²) in [5.41, 5.74) is 0.103. The fourth-order valence-electron chi connectivity index (χ4n) is 3.96. The summed E-state index contributed by atoms with van der Waals surface area (Å²) in [5.74, 6) is 0. The standard InChI is InChI=1S/C19H32N4O5S/c1-14(23-12-6-10-19(23,2)3)8-9-15(22-18(25)26)16(24)13-21-29(27,28)17-7-4-5-11-20-17/h4-5,7,11,14-16,21-22,24H,6,8-10,12-13H2,1-3H3,(H,25,26)/t14?,15-,16-/m0/s1. The average molecular weight is 429 g/mol. The van der Waals surface area contributed by atoms with Crippen molar-refractivity contribution < 1.29 is 23.4 Å². The largest absolute Gasteiger partial charge is 0.465 e. The van der Waals surface area contributed by atoms with Gasteiger partial charge in [-0.05, 0) is 65.1 Å². The molecule has 9 nitrogen and oxygen atoms in total. The lowest BCUT2D eigenvalue weighted by Gasteiger charge is -2.37. The quantitative estimate of drug-likeness (QED) is 0.443. The van der Waals surface area contributed by atoms with E-state index in [1.807, 2.05) is 0 Å². The Morgan fingerprint density at radius 3 is 2.62 bits per heavy atom. The van der Waals surface area contributed by atoms with Crippen LogP contribution in [-0.4, -0.2) is 71.4 Å². The van der Waals surface area contributed by atoms with E-state index in [1.165, 1.54) is 12.3 Å². The van der Waals surface area contributed by atoms with Crippen LogP contribution >= 0.6 is 0 Å². The summed E-state index contributed by atoms with van der Waals surface area (Å²) >= 11 is 0. The van der Waals surface area contributed by atoms with Crippen LogP contribution < -0.4 is 10.0 Å². The molecule has 29 heavy (non-hydrogen) atoms. The zero-order valence-electron chi connectivity index (χ0n) is 17.2. The molecule has 3 atom stereocenters. The summed E-state index contributed by atoms with van der Waals surface area (Å²) < 4.78 is 26.8. The lowest BCUT2D eigenvalue weighted by atomic mass is 9.97. The molecule has 1 aliphatic heterocycles. The molecule has 0 aromatic carbocycles. The molecule has 1 aliphatic rings. The third-order valence-corrected chi connectivity index (χ3v) is 6.90. The third-order valence-electron chi connectivity index (χ3n) is 5.56. The van der Waals surface area contributed by atoms with Crippen LogP contribution in [0, 0.1) is 0 Å². The summed E-state index contributed by atoms with van der Waals surface area (Å²) in [6.45, 7) is 7.18. The molecule has 2 heterocycles. The van der Waals surface area contributed by atoms with Gasteiger partial charge in [-0.15, -0.1) is 0 Å². The van der Waals surface area contributed by atoms with Gasteiger partial charge in [0.15, 0.2) is 5.03 Å². The third kappa shape index (κ3) is 6.63. The highest BCUT2D eigenvalue weighted by molar-refractivity contribution is 7.89. The zero-order chi connectivity index (χ0) is 21.7. The maximum atomic E-state index is 12.3. The van der Waals surface area contributed by atoms with Gasteiger partial charge in [0.25, 0.3) is 10.0 Å². The first-order valence-electron chi connectivity index (χ1n) is 9.88. The molecule has 10 heteroatoms. The number of likely N-dealkylation sites (tertiary alicyclic amines) is 1. The van der Waals surface area contributed by atoms with Gasteiger partial charge in [0.05, 0.1) is 12.1 Å². The highest BCUT2D eigenvalue weighted by atomic mass is 32.2. The van der Waals surface area contributed by atoms with Gasteiger partial charge >= 0.3 is 6.09 Å². The molecular formula is C19H32N4O5S. The number of rotatable bonds is 10. The number of aliphatic hydroxyl groups is 1. The Balaban J connectivity index is 1.95. The van der Waals surface area contributed by atoms with Crippen molar-refractivity contribution in [3.05, 3.63) is 24.4 Å². The Morgan fingerprint density at radius 2 is 2.07 bits per heavy atom. The number of amides is 1. The number of carboxylic acid groups (broad SMARTS) is 1. The Morgan fingerprint density at radius 1 is 1.34 bits per heavy atom. The molecule has 4 N–H and O–H groups in total.